The van der Waals surface area contributed by atoms with Gasteiger partial charge >= 0.3 is 15.4 Å². The molecule has 1 aliphatic carbocycles. The molecule has 7 atom stereocenters. The third kappa shape index (κ3) is 7.43. The summed E-state index contributed by atoms with van der Waals surface area (Å²) < 4.78 is 44.8. The Hall–Kier alpha value is 0.285. The van der Waals surface area contributed by atoms with E-state index in [4.69, 9.17) is 13.8 Å². The fourth-order valence-corrected chi connectivity index (χ4v) is 5.47. The summed E-state index contributed by atoms with van der Waals surface area (Å²) >= 11 is 0. The van der Waals surface area contributed by atoms with Gasteiger partial charge in [-0.15, -0.1) is 0 Å². The minimum absolute atomic E-state index is 0.0417. The van der Waals surface area contributed by atoms with Crippen LogP contribution in [0.25, 0.3) is 0 Å². The van der Waals surface area contributed by atoms with E-state index >= 15 is 0 Å². The average Bonchev–Trinajstić information content (AvgIpc) is 2.79. The van der Waals surface area contributed by atoms with Crippen molar-refractivity contribution in [1.82, 2.24) is 0 Å². The maximum absolute atomic E-state index is 12.4. The van der Waals surface area contributed by atoms with E-state index in [1.54, 1.807) is 6.92 Å². The maximum Gasteiger partial charge on any atom is 0.472 e. The second-order valence-electron chi connectivity index (χ2n) is 6.75. The lowest BCUT2D eigenvalue weighted by atomic mass is 9.83. The molecule has 0 amide bonds. The van der Waals surface area contributed by atoms with E-state index in [2.05, 4.69) is 4.52 Å². The topological polar surface area (TPSA) is 112 Å². The summed E-state index contributed by atoms with van der Waals surface area (Å²) in [6, 6.07) is 0. The van der Waals surface area contributed by atoms with Crippen LogP contribution in [0.15, 0.2) is 0 Å². The molecule has 0 bridgehead atoms. The van der Waals surface area contributed by atoms with Crippen molar-refractivity contribution in [3.8, 4) is 0 Å². The number of phosphoric ester groups is 1. The number of hydrogen-bond acceptors (Lipinski definition) is 6. The van der Waals surface area contributed by atoms with Gasteiger partial charge in [-0.05, 0) is 37.9 Å². The van der Waals surface area contributed by atoms with Crippen molar-refractivity contribution in [3.05, 3.63) is 0 Å². The molecule has 1 fully saturated rings. The monoisotopic (exact) mass is 400 g/mol. The van der Waals surface area contributed by atoms with Gasteiger partial charge in [0.05, 0.1) is 24.5 Å². The summed E-state index contributed by atoms with van der Waals surface area (Å²) in [4.78, 5) is 19.7. The normalized spacial score (nSPS) is 32.9. The van der Waals surface area contributed by atoms with Gasteiger partial charge in [-0.25, -0.2) is 4.57 Å². The first-order chi connectivity index (χ1) is 11.5. The van der Waals surface area contributed by atoms with E-state index in [1.165, 1.54) is 14.2 Å². The molecule has 0 saturated heterocycles. The summed E-state index contributed by atoms with van der Waals surface area (Å²) in [5.74, 6) is -0.102. The van der Waals surface area contributed by atoms with Crippen LogP contribution >= 0.6 is 15.4 Å². The minimum atomic E-state index is -4.26. The Morgan fingerprint density at radius 3 is 2.40 bits per heavy atom. The van der Waals surface area contributed by atoms with Gasteiger partial charge in [-0.2, -0.15) is 0 Å². The molecule has 0 spiro atoms. The molecule has 0 heterocycles. The minimum Gasteiger partial charge on any atom is -0.379 e. The fourth-order valence-electron chi connectivity index (χ4n) is 3.42. The van der Waals surface area contributed by atoms with Crippen molar-refractivity contribution in [3.63, 3.8) is 0 Å². The average molecular weight is 400 g/mol. The molecule has 1 saturated carbocycles. The second-order valence-corrected chi connectivity index (χ2v) is 10.2. The number of phosphoric acid groups is 1. The van der Waals surface area contributed by atoms with Crippen molar-refractivity contribution >= 4 is 23.3 Å². The summed E-state index contributed by atoms with van der Waals surface area (Å²) in [6.45, 7) is 3.68. The van der Waals surface area contributed by atoms with Crippen LogP contribution in [0, 0.1) is 5.92 Å². The van der Waals surface area contributed by atoms with E-state index in [1.807, 2.05) is 14.8 Å². The summed E-state index contributed by atoms with van der Waals surface area (Å²) in [7, 11) is -3.23. The Morgan fingerprint density at radius 1 is 1.24 bits per heavy atom. The predicted octanol–water partition coefficient (Wildman–Crippen LogP) is 2.36. The SMILES string of the molecule is B[C@H]1C[C@H](CCP(=O)(O)OC)[C@@H](OP(=O)(O)OC(C)CCC)[C@H]1OC. The molecule has 11 heteroatoms. The largest absolute Gasteiger partial charge is 0.472 e. The maximum atomic E-state index is 12.4. The van der Waals surface area contributed by atoms with E-state index < -0.39 is 27.6 Å². The van der Waals surface area contributed by atoms with Gasteiger partial charge in [0.15, 0.2) is 0 Å². The van der Waals surface area contributed by atoms with Crippen molar-refractivity contribution in [2.24, 2.45) is 5.92 Å². The van der Waals surface area contributed by atoms with Crippen molar-refractivity contribution in [1.29, 1.82) is 0 Å². The van der Waals surface area contributed by atoms with E-state index in [-0.39, 0.29) is 24.0 Å². The Bertz CT molecular complexity index is 505. The Labute approximate surface area is 151 Å². The number of hydrogen-bond donors (Lipinski definition) is 2. The quantitative estimate of drug-likeness (QED) is 0.402. The highest BCUT2D eigenvalue weighted by atomic mass is 31.2. The van der Waals surface area contributed by atoms with Crippen molar-refractivity contribution < 1.29 is 37.2 Å². The van der Waals surface area contributed by atoms with Crippen molar-refractivity contribution in [2.45, 2.75) is 63.7 Å². The van der Waals surface area contributed by atoms with Crippen LogP contribution in [0.1, 0.15) is 39.5 Å². The molecule has 8 nitrogen and oxygen atoms in total. The predicted molar refractivity (Wildman–Crippen MR) is 97.7 cm³/mol. The van der Waals surface area contributed by atoms with Crippen LogP contribution < -0.4 is 0 Å². The summed E-state index contributed by atoms with van der Waals surface area (Å²) in [5, 5.41) is 0. The van der Waals surface area contributed by atoms with Gasteiger partial charge in [0.25, 0.3) is 0 Å². The van der Waals surface area contributed by atoms with E-state index in [0.717, 1.165) is 6.42 Å². The van der Waals surface area contributed by atoms with Crippen molar-refractivity contribution in [2.75, 3.05) is 20.4 Å². The smallest absolute Gasteiger partial charge is 0.379 e. The molecule has 1 rings (SSSR count). The molecule has 0 aromatic rings. The van der Waals surface area contributed by atoms with E-state index in [9.17, 15) is 18.9 Å². The van der Waals surface area contributed by atoms with Gasteiger partial charge in [0.2, 0.25) is 0 Å². The molecular weight excluding hydrogens is 369 g/mol. The molecule has 0 aromatic carbocycles. The number of methoxy groups -OCH3 is 1. The summed E-state index contributed by atoms with van der Waals surface area (Å²) in [5.41, 5.74) is 0. The van der Waals surface area contributed by atoms with Gasteiger partial charge in [-0.3, -0.25) is 13.6 Å². The van der Waals surface area contributed by atoms with E-state index in [0.29, 0.717) is 19.3 Å². The number of rotatable bonds is 11. The summed E-state index contributed by atoms with van der Waals surface area (Å²) in [6.07, 6.45) is 0.975. The zero-order valence-corrected chi connectivity index (χ0v) is 17.4. The van der Waals surface area contributed by atoms with Crippen LogP contribution in [0.3, 0.4) is 0 Å². The van der Waals surface area contributed by atoms with Crippen LogP contribution in [0.4, 0.5) is 0 Å². The Kier molecular flexibility index (Phi) is 9.33. The highest BCUT2D eigenvalue weighted by Crippen LogP contribution is 2.53. The highest BCUT2D eigenvalue weighted by Gasteiger charge is 2.46. The molecule has 1 aliphatic rings. The molecule has 0 aromatic heterocycles. The molecule has 148 valence electrons. The molecule has 0 aliphatic heterocycles. The second kappa shape index (κ2) is 10.0. The van der Waals surface area contributed by atoms with Gasteiger partial charge < -0.3 is 19.0 Å². The third-order valence-electron chi connectivity index (χ3n) is 4.63. The Balaban J connectivity index is 2.81. The molecule has 25 heavy (non-hydrogen) atoms. The molecule has 0 radical (unpaired) electrons. The van der Waals surface area contributed by atoms with Crippen LogP contribution in [-0.2, 0) is 27.4 Å². The van der Waals surface area contributed by atoms with Gasteiger partial charge in [-0.1, -0.05) is 13.3 Å². The molecular formula is C14H31BO8P2. The zero-order valence-electron chi connectivity index (χ0n) is 15.7. The first kappa shape index (κ1) is 23.3. The fraction of sp³-hybridized carbons (Fsp3) is 1.00. The highest BCUT2D eigenvalue weighted by molar-refractivity contribution is 7.52. The first-order valence-electron chi connectivity index (χ1n) is 8.65. The lowest BCUT2D eigenvalue weighted by molar-refractivity contribution is -0.0184. The lowest BCUT2D eigenvalue weighted by Gasteiger charge is -2.28. The molecule has 3 unspecified atom stereocenters. The van der Waals surface area contributed by atoms with Crippen LogP contribution in [0.5, 0.6) is 0 Å². The standard InChI is InChI=1S/C14H31BO8P2/c1-5-6-10(2)22-25(18,19)23-13-11(7-8-24(16,17)21-4)9-12(15)14(13)20-3/h10-14H,5-9,15H2,1-4H3,(H,16,17)(H,18,19)/t10?,11-,12-,13+,14-/m0/s1. The first-order valence-corrected chi connectivity index (χ1v) is 11.9. The zero-order chi connectivity index (χ0) is 19.3. The number of ether oxygens (including phenoxy) is 1. The molecule has 2 N–H and O–H groups in total. The van der Waals surface area contributed by atoms with Crippen LogP contribution in [-0.4, -0.2) is 56.3 Å². The Morgan fingerprint density at radius 2 is 1.88 bits per heavy atom. The van der Waals surface area contributed by atoms with Gasteiger partial charge in [0.1, 0.15) is 7.85 Å². The van der Waals surface area contributed by atoms with Crippen LogP contribution in [0.2, 0.25) is 5.82 Å². The lowest BCUT2D eigenvalue weighted by Crippen LogP contribution is -2.32. The van der Waals surface area contributed by atoms with Gasteiger partial charge in [0, 0.05) is 14.2 Å². The third-order valence-corrected chi connectivity index (χ3v) is 7.16.